The zero-order valence-electron chi connectivity index (χ0n) is 9.73. The van der Waals surface area contributed by atoms with Gasteiger partial charge in [0.05, 0.1) is 0 Å². The van der Waals surface area contributed by atoms with Crippen molar-refractivity contribution in [3.63, 3.8) is 0 Å². The molecule has 0 saturated carbocycles. The summed E-state index contributed by atoms with van der Waals surface area (Å²) in [7, 11) is 0. The van der Waals surface area contributed by atoms with Crippen molar-refractivity contribution in [1.82, 2.24) is 10.6 Å². The number of aliphatic hydroxyl groups excluding tert-OH is 1. The molecule has 4 heteroatoms. The van der Waals surface area contributed by atoms with Gasteiger partial charge in [-0.1, -0.05) is 18.2 Å². The van der Waals surface area contributed by atoms with E-state index in [9.17, 15) is 9.90 Å². The van der Waals surface area contributed by atoms with Crippen LogP contribution in [0, 0.1) is 5.92 Å². The molecular weight excluding hydrogens is 216 g/mol. The predicted molar refractivity (Wildman–Crippen MR) is 65.8 cm³/mol. The fourth-order valence-electron chi connectivity index (χ4n) is 2.14. The average Bonchev–Trinajstić information content (AvgIpc) is 2.40. The first-order valence-corrected chi connectivity index (χ1v) is 5.98. The molecule has 2 rings (SSSR count). The highest BCUT2D eigenvalue weighted by Gasteiger charge is 2.25. The second kappa shape index (κ2) is 5.80. The zero-order valence-corrected chi connectivity index (χ0v) is 9.73. The van der Waals surface area contributed by atoms with Gasteiger partial charge >= 0.3 is 0 Å². The van der Waals surface area contributed by atoms with Crippen LogP contribution in [-0.2, 0) is 0 Å². The molecule has 0 aliphatic carbocycles. The lowest BCUT2D eigenvalue weighted by molar-refractivity contribution is 0.0883. The van der Waals surface area contributed by atoms with Crippen LogP contribution >= 0.6 is 0 Å². The summed E-state index contributed by atoms with van der Waals surface area (Å²) in [5, 5.41) is 15.5. The van der Waals surface area contributed by atoms with Gasteiger partial charge in [0.1, 0.15) is 0 Å². The molecule has 1 saturated heterocycles. The molecule has 0 spiro atoms. The molecule has 4 nitrogen and oxygen atoms in total. The number of benzene rings is 1. The largest absolute Gasteiger partial charge is 0.396 e. The van der Waals surface area contributed by atoms with Crippen LogP contribution < -0.4 is 10.6 Å². The van der Waals surface area contributed by atoms with E-state index in [0.29, 0.717) is 5.56 Å². The number of piperidine rings is 1. The number of amides is 1. The Labute approximate surface area is 101 Å². The summed E-state index contributed by atoms with van der Waals surface area (Å²) in [6.07, 6.45) is 0.899. The average molecular weight is 234 g/mol. The molecule has 0 bridgehead atoms. The second-order valence-corrected chi connectivity index (χ2v) is 4.38. The van der Waals surface area contributed by atoms with Gasteiger partial charge < -0.3 is 15.7 Å². The second-order valence-electron chi connectivity index (χ2n) is 4.38. The molecule has 1 fully saturated rings. The van der Waals surface area contributed by atoms with E-state index in [2.05, 4.69) is 10.6 Å². The summed E-state index contributed by atoms with van der Waals surface area (Å²) in [6.45, 7) is 1.76. The van der Waals surface area contributed by atoms with Crippen LogP contribution in [0.2, 0.25) is 0 Å². The van der Waals surface area contributed by atoms with Gasteiger partial charge in [-0.3, -0.25) is 4.79 Å². The molecule has 1 aromatic carbocycles. The molecule has 2 atom stereocenters. The van der Waals surface area contributed by atoms with Crippen molar-refractivity contribution in [3.05, 3.63) is 35.9 Å². The van der Waals surface area contributed by atoms with Crippen LogP contribution in [0.5, 0.6) is 0 Å². The van der Waals surface area contributed by atoms with Gasteiger partial charge in [-0.2, -0.15) is 0 Å². The first-order valence-electron chi connectivity index (χ1n) is 5.98. The van der Waals surface area contributed by atoms with E-state index in [0.717, 1.165) is 19.5 Å². The topological polar surface area (TPSA) is 61.4 Å². The van der Waals surface area contributed by atoms with Gasteiger partial charge in [0.15, 0.2) is 0 Å². The Morgan fingerprint density at radius 2 is 2.18 bits per heavy atom. The summed E-state index contributed by atoms with van der Waals surface area (Å²) < 4.78 is 0. The highest BCUT2D eigenvalue weighted by Crippen LogP contribution is 2.12. The Hall–Kier alpha value is -1.39. The standard InChI is InChI=1S/C13H18N2O2/c16-9-11-6-7-14-8-12(11)15-13(17)10-4-2-1-3-5-10/h1-5,11-12,14,16H,6-9H2,(H,15,17). The lowest BCUT2D eigenvalue weighted by Gasteiger charge is -2.31. The Kier molecular flexibility index (Phi) is 4.12. The van der Waals surface area contributed by atoms with Crippen LogP contribution in [0.25, 0.3) is 0 Å². The lowest BCUT2D eigenvalue weighted by atomic mass is 9.93. The highest BCUT2D eigenvalue weighted by atomic mass is 16.3. The summed E-state index contributed by atoms with van der Waals surface area (Å²) in [5.74, 6) is 0.0849. The summed E-state index contributed by atoms with van der Waals surface area (Å²) in [6, 6.07) is 9.17. The minimum absolute atomic E-state index is 0.0152. The number of carbonyl (C=O) groups is 1. The number of carbonyl (C=O) groups excluding carboxylic acids is 1. The fraction of sp³-hybridized carbons (Fsp3) is 0.462. The van der Waals surface area contributed by atoms with Gasteiger partial charge in [-0.15, -0.1) is 0 Å². The predicted octanol–water partition coefficient (Wildman–Crippen LogP) is 0.387. The van der Waals surface area contributed by atoms with Crippen molar-refractivity contribution in [1.29, 1.82) is 0 Å². The molecule has 0 radical (unpaired) electrons. The molecular formula is C13H18N2O2. The number of nitrogens with one attached hydrogen (secondary N) is 2. The lowest BCUT2D eigenvalue weighted by Crippen LogP contribution is -2.52. The third-order valence-electron chi connectivity index (χ3n) is 3.21. The van der Waals surface area contributed by atoms with Gasteiger partial charge in [-0.05, 0) is 25.1 Å². The molecule has 2 unspecified atom stereocenters. The van der Waals surface area contributed by atoms with Gasteiger partial charge in [0.25, 0.3) is 5.91 Å². The number of rotatable bonds is 3. The van der Waals surface area contributed by atoms with Gasteiger partial charge in [-0.25, -0.2) is 0 Å². The fourth-order valence-corrected chi connectivity index (χ4v) is 2.14. The minimum atomic E-state index is -0.0715. The van der Waals surface area contributed by atoms with Crippen molar-refractivity contribution < 1.29 is 9.90 Å². The molecule has 1 amide bonds. The normalized spacial score (nSPS) is 24.3. The third kappa shape index (κ3) is 3.05. The molecule has 92 valence electrons. The first-order chi connectivity index (χ1) is 8.31. The summed E-state index contributed by atoms with van der Waals surface area (Å²) >= 11 is 0. The SMILES string of the molecule is O=C(NC1CNCCC1CO)c1ccccc1. The van der Waals surface area contributed by atoms with Crippen molar-refractivity contribution in [2.75, 3.05) is 19.7 Å². The molecule has 1 aliphatic heterocycles. The maximum atomic E-state index is 12.0. The van der Waals surface area contributed by atoms with Crippen LogP contribution in [-0.4, -0.2) is 36.8 Å². The quantitative estimate of drug-likeness (QED) is 0.709. The molecule has 1 aliphatic rings. The maximum absolute atomic E-state index is 12.0. The number of hydrogen-bond acceptors (Lipinski definition) is 3. The van der Waals surface area contributed by atoms with E-state index in [4.69, 9.17) is 0 Å². The van der Waals surface area contributed by atoms with E-state index < -0.39 is 0 Å². The smallest absolute Gasteiger partial charge is 0.251 e. The van der Waals surface area contributed by atoms with Crippen molar-refractivity contribution in [3.8, 4) is 0 Å². The van der Waals surface area contributed by atoms with Gasteiger partial charge in [0.2, 0.25) is 0 Å². The van der Waals surface area contributed by atoms with Crippen LogP contribution in [0.3, 0.4) is 0 Å². The van der Waals surface area contributed by atoms with E-state index >= 15 is 0 Å². The Morgan fingerprint density at radius 1 is 1.41 bits per heavy atom. The number of aliphatic hydroxyl groups is 1. The monoisotopic (exact) mass is 234 g/mol. The Bertz CT molecular complexity index is 367. The molecule has 17 heavy (non-hydrogen) atoms. The Balaban J connectivity index is 1.98. The van der Waals surface area contributed by atoms with Crippen molar-refractivity contribution in [2.24, 2.45) is 5.92 Å². The highest BCUT2D eigenvalue weighted by molar-refractivity contribution is 5.94. The Morgan fingerprint density at radius 3 is 2.88 bits per heavy atom. The first kappa shape index (κ1) is 12.1. The van der Waals surface area contributed by atoms with E-state index in [1.54, 1.807) is 12.1 Å². The van der Waals surface area contributed by atoms with Crippen LogP contribution in [0.4, 0.5) is 0 Å². The summed E-state index contributed by atoms with van der Waals surface area (Å²) in [4.78, 5) is 12.0. The molecule has 1 aromatic rings. The minimum Gasteiger partial charge on any atom is -0.396 e. The zero-order chi connectivity index (χ0) is 12.1. The molecule has 3 N–H and O–H groups in total. The maximum Gasteiger partial charge on any atom is 0.251 e. The van der Waals surface area contributed by atoms with Crippen molar-refractivity contribution >= 4 is 5.91 Å². The van der Waals surface area contributed by atoms with E-state index in [-0.39, 0.29) is 24.5 Å². The van der Waals surface area contributed by atoms with E-state index in [1.807, 2.05) is 18.2 Å². The van der Waals surface area contributed by atoms with Crippen molar-refractivity contribution in [2.45, 2.75) is 12.5 Å². The van der Waals surface area contributed by atoms with Crippen LogP contribution in [0.15, 0.2) is 30.3 Å². The van der Waals surface area contributed by atoms with Gasteiger partial charge in [0, 0.05) is 30.7 Å². The van der Waals surface area contributed by atoms with Crippen LogP contribution in [0.1, 0.15) is 16.8 Å². The summed E-state index contributed by atoms with van der Waals surface area (Å²) in [5.41, 5.74) is 0.662. The number of hydrogen-bond donors (Lipinski definition) is 3. The molecule has 0 aromatic heterocycles. The van der Waals surface area contributed by atoms with E-state index in [1.165, 1.54) is 0 Å². The third-order valence-corrected chi connectivity index (χ3v) is 3.21. The molecule has 1 heterocycles.